The maximum Gasteiger partial charge on any atom is 0.319 e. The smallest absolute Gasteiger partial charge is 0.319 e. The molecule has 1 aromatic heterocycles. The highest BCUT2D eigenvalue weighted by molar-refractivity contribution is 7.99. The molecule has 0 unspecified atom stereocenters. The predicted molar refractivity (Wildman–Crippen MR) is 121 cm³/mol. The van der Waals surface area contributed by atoms with Crippen molar-refractivity contribution in [3.8, 4) is 0 Å². The van der Waals surface area contributed by atoms with Crippen molar-refractivity contribution in [3.05, 3.63) is 45.6 Å². The summed E-state index contributed by atoms with van der Waals surface area (Å²) in [6.45, 7) is 5.79. The molecule has 2 aromatic rings. The number of aliphatic hydroxyl groups is 1. The number of nitrogens with zero attached hydrogens (tertiary/aromatic N) is 1. The van der Waals surface area contributed by atoms with E-state index in [1.54, 1.807) is 17.4 Å². The normalized spacial score (nSPS) is 15.9. The van der Waals surface area contributed by atoms with E-state index in [-0.39, 0.29) is 18.7 Å². The van der Waals surface area contributed by atoms with E-state index in [1.165, 1.54) is 0 Å². The minimum atomic E-state index is -0.490. The van der Waals surface area contributed by atoms with E-state index in [0.717, 1.165) is 35.2 Å². The molecule has 1 aliphatic rings. The van der Waals surface area contributed by atoms with Crippen LogP contribution in [0.25, 0.3) is 0 Å². The van der Waals surface area contributed by atoms with E-state index in [9.17, 15) is 9.90 Å². The standard InChI is InChI=1S/C20H26ClN3O2S2/c1-20(2,13-25)18(17-4-3-9-28-17)23-19(26)22-14-5-6-16(15(21)12-14)24-7-10-27-11-8-24/h3-6,9,12,18,25H,7-8,10-11,13H2,1-2H3,(H2,22,23,26)/t18-/m1/s1. The molecular weight excluding hydrogens is 414 g/mol. The number of rotatable bonds is 6. The van der Waals surface area contributed by atoms with Gasteiger partial charge in [-0.25, -0.2) is 4.79 Å². The van der Waals surface area contributed by atoms with Crippen molar-refractivity contribution in [2.24, 2.45) is 5.41 Å². The van der Waals surface area contributed by atoms with Gasteiger partial charge in [-0.2, -0.15) is 11.8 Å². The summed E-state index contributed by atoms with van der Waals surface area (Å²) < 4.78 is 0. The van der Waals surface area contributed by atoms with Gasteiger partial charge in [0, 0.05) is 40.6 Å². The first kappa shape index (κ1) is 21.3. The van der Waals surface area contributed by atoms with Crippen molar-refractivity contribution >= 4 is 52.1 Å². The van der Waals surface area contributed by atoms with Crippen LogP contribution in [0, 0.1) is 5.41 Å². The number of carbonyl (C=O) groups excluding carboxylic acids is 1. The molecule has 1 atom stereocenters. The zero-order valence-corrected chi connectivity index (χ0v) is 18.5. The van der Waals surface area contributed by atoms with Crippen LogP contribution in [-0.4, -0.2) is 42.3 Å². The fourth-order valence-electron chi connectivity index (χ4n) is 3.14. The minimum absolute atomic E-state index is 0.0372. The Hall–Kier alpha value is -1.41. The van der Waals surface area contributed by atoms with Crippen LogP contribution in [0.5, 0.6) is 0 Å². The number of thioether (sulfide) groups is 1. The number of aliphatic hydroxyl groups excluding tert-OH is 1. The lowest BCUT2D eigenvalue weighted by molar-refractivity contribution is 0.121. The van der Waals surface area contributed by atoms with E-state index in [2.05, 4.69) is 15.5 Å². The third-order valence-corrected chi connectivity index (χ3v) is 7.03. The summed E-state index contributed by atoms with van der Waals surface area (Å²) in [6.07, 6.45) is 0. The number of benzene rings is 1. The molecule has 8 heteroatoms. The van der Waals surface area contributed by atoms with E-state index >= 15 is 0 Å². The van der Waals surface area contributed by atoms with Crippen molar-refractivity contribution in [2.75, 3.05) is 41.4 Å². The second kappa shape index (κ2) is 9.39. The van der Waals surface area contributed by atoms with Gasteiger partial charge in [-0.15, -0.1) is 11.3 Å². The van der Waals surface area contributed by atoms with Gasteiger partial charge in [0.2, 0.25) is 0 Å². The van der Waals surface area contributed by atoms with Crippen molar-refractivity contribution in [2.45, 2.75) is 19.9 Å². The maximum atomic E-state index is 12.6. The Balaban J connectivity index is 1.69. The molecule has 28 heavy (non-hydrogen) atoms. The first-order valence-electron chi connectivity index (χ1n) is 9.25. The number of hydrogen-bond acceptors (Lipinski definition) is 5. The van der Waals surface area contributed by atoms with Crippen molar-refractivity contribution in [3.63, 3.8) is 0 Å². The van der Waals surface area contributed by atoms with Crippen molar-refractivity contribution < 1.29 is 9.90 Å². The fourth-order valence-corrected chi connectivity index (χ4v) is 5.33. The number of halogens is 1. The summed E-state index contributed by atoms with van der Waals surface area (Å²) in [6, 6.07) is 8.92. The van der Waals surface area contributed by atoms with Gasteiger partial charge in [0.15, 0.2) is 0 Å². The Morgan fingerprint density at radius 1 is 1.32 bits per heavy atom. The van der Waals surface area contributed by atoms with Crippen LogP contribution in [0.15, 0.2) is 35.7 Å². The first-order valence-corrected chi connectivity index (χ1v) is 11.7. The quantitative estimate of drug-likeness (QED) is 0.602. The van der Waals surface area contributed by atoms with Gasteiger partial charge in [0.1, 0.15) is 0 Å². The van der Waals surface area contributed by atoms with Crippen LogP contribution >= 0.6 is 34.7 Å². The monoisotopic (exact) mass is 439 g/mol. The van der Waals surface area contributed by atoms with Crippen LogP contribution in [0.2, 0.25) is 5.02 Å². The highest BCUT2D eigenvalue weighted by atomic mass is 35.5. The van der Waals surface area contributed by atoms with Crippen LogP contribution in [0.3, 0.4) is 0 Å². The zero-order valence-electron chi connectivity index (χ0n) is 16.1. The lowest BCUT2D eigenvalue weighted by atomic mass is 9.84. The third-order valence-electron chi connectivity index (χ3n) is 4.85. The molecule has 1 aliphatic heterocycles. The van der Waals surface area contributed by atoms with E-state index < -0.39 is 5.41 Å². The second-order valence-corrected chi connectivity index (χ2v) is 10.1. The zero-order chi connectivity index (χ0) is 20.1. The van der Waals surface area contributed by atoms with Crippen molar-refractivity contribution in [1.29, 1.82) is 0 Å². The van der Waals surface area contributed by atoms with Crippen LogP contribution in [0.1, 0.15) is 24.8 Å². The van der Waals surface area contributed by atoms with Gasteiger partial charge in [-0.1, -0.05) is 31.5 Å². The molecule has 3 N–H and O–H groups in total. The minimum Gasteiger partial charge on any atom is -0.396 e. The molecule has 0 bridgehead atoms. The van der Waals surface area contributed by atoms with E-state index in [1.807, 2.05) is 55.3 Å². The predicted octanol–water partition coefficient (Wildman–Crippen LogP) is 4.84. The average Bonchev–Trinajstić information content (AvgIpc) is 3.21. The second-order valence-electron chi connectivity index (χ2n) is 7.46. The number of anilines is 2. The van der Waals surface area contributed by atoms with Gasteiger partial charge in [-0.05, 0) is 29.6 Å². The Morgan fingerprint density at radius 2 is 2.07 bits per heavy atom. The van der Waals surface area contributed by atoms with E-state index in [0.29, 0.717) is 10.7 Å². The molecule has 5 nitrogen and oxygen atoms in total. The third kappa shape index (κ3) is 5.14. The Morgan fingerprint density at radius 3 is 2.68 bits per heavy atom. The summed E-state index contributed by atoms with van der Waals surface area (Å²) in [4.78, 5) is 15.9. The largest absolute Gasteiger partial charge is 0.396 e. The summed E-state index contributed by atoms with van der Waals surface area (Å²) in [5.74, 6) is 2.20. The van der Waals surface area contributed by atoms with Gasteiger partial charge >= 0.3 is 6.03 Å². The molecule has 1 fully saturated rings. The molecule has 1 saturated heterocycles. The average molecular weight is 440 g/mol. The molecule has 0 radical (unpaired) electrons. The number of amides is 2. The highest BCUT2D eigenvalue weighted by Gasteiger charge is 2.32. The van der Waals surface area contributed by atoms with Gasteiger partial charge < -0.3 is 20.6 Å². The van der Waals surface area contributed by atoms with Gasteiger partial charge in [-0.3, -0.25) is 0 Å². The number of thiophene rings is 1. The highest BCUT2D eigenvalue weighted by Crippen LogP contribution is 2.35. The Bertz CT molecular complexity index is 793. The first-order chi connectivity index (χ1) is 13.4. The number of hydrogen-bond donors (Lipinski definition) is 3. The summed E-state index contributed by atoms with van der Waals surface area (Å²) in [5, 5.41) is 18.2. The Kier molecular flexibility index (Phi) is 7.15. The summed E-state index contributed by atoms with van der Waals surface area (Å²) >= 11 is 9.99. The number of urea groups is 1. The fraction of sp³-hybridized carbons (Fsp3) is 0.450. The lowest BCUT2D eigenvalue weighted by Crippen LogP contribution is -2.41. The molecule has 3 rings (SSSR count). The maximum absolute atomic E-state index is 12.6. The van der Waals surface area contributed by atoms with Crippen LogP contribution in [0.4, 0.5) is 16.2 Å². The molecule has 1 aromatic carbocycles. The van der Waals surface area contributed by atoms with Gasteiger partial charge in [0.05, 0.1) is 23.4 Å². The summed E-state index contributed by atoms with van der Waals surface area (Å²) in [7, 11) is 0. The summed E-state index contributed by atoms with van der Waals surface area (Å²) in [5.41, 5.74) is 1.16. The Labute approximate surface area is 179 Å². The van der Waals surface area contributed by atoms with Crippen molar-refractivity contribution in [1.82, 2.24) is 5.32 Å². The molecule has 0 aliphatic carbocycles. The van der Waals surface area contributed by atoms with Crippen LogP contribution < -0.4 is 15.5 Å². The van der Waals surface area contributed by atoms with Crippen LogP contribution in [-0.2, 0) is 0 Å². The SMILES string of the molecule is CC(C)(CO)[C@H](NC(=O)Nc1ccc(N2CCSCC2)c(Cl)c1)c1cccs1. The molecule has 2 heterocycles. The molecule has 152 valence electrons. The van der Waals surface area contributed by atoms with Gasteiger partial charge in [0.25, 0.3) is 0 Å². The topological polar surface area (TPSA) is 64.6 Å². The molecular formula is C20H26ClN3O2S2. The molecule has 2 amide bonds. The number of nitrogens with one attached hydrogen (secondary N) is 2. The number of carbonyl (C=O) groups is 1. The molecule has 0 spiro atoms. The van der Waals surface area contributed by atoms with E-state index in [4.69, 9.17) is 11.6 Å². The molecule has 0 saturated carbocycles. The lowest BCUT2D eigenvalue weighted by Gasteiger charge is -2.32.